The van der Waals surface area contributed by atoms with Crippen LogP contribution in [-0.4, -0.2) is 32.4 Å². The molecule has 1 aromatic rings. The van der Waals surface area contributed by atoms with Crippen LogP contribution in [0.5, 0.6) is 0 Å². The molecule has 1 saturated heterocycles. The van der Waals surface area contributed by atoms with E-state index in [0.29, 0.717) is 24.2 Å². The van der Waals surface area contributed by atoms with Crippen LogP contribution in [0.3, 0.4) is 0 Å². The van der Waals surface area contributed by atoms with Gasteiger partial charge in [0, 0.05) is 12.2 Å². The molecule has 0 saturated carbocycles. The maximum Gasteiger partial charge on any atom is 0.252 e. The van der Waals surface area contributed by atoms with Crippen molar-refractivity contribution in [3.8, 4) is 0 Å². The van der Waals surface area contributed by atoms with Gasteiger partial charge in [0.2, 0.25) is 0 Å². The number of rotatable bonds is 3. The number of nitrogens with two attached hydrogens (primary N) is 1. The number of carbonyl (C=O) groups is 1. The third-order valence-corrected chi connectivity index (χ3v) is 5.27. The van der Waals surface area contributed by atoms with Crippen LogP contribution in [0.25, 0.3) is 0 Å². The molecule has 104 valence electrons. The van der Waals surface area contributed by atoms with Gasteiger partial charge in [0.05, 0.1) is 22.1 Å². The van der Waals surface area contributed by atoms with Gasteiger partial charge in [0.15, 0.2) is 9.84 Å². The lowest BCUT2D eigenvalue weighted by atomic mass is 10.1. The van der Waals surface area contributed by atoms with Gasteiger partial charge >= 0.3 is 0 Å². The largest absolute Gasteiger partial charge is 0.399 e. The molecule has 1 aliphatic heterocycles. The van der Waals surface area contributed by atoms with Crippen molar-refractivity contribution in [3.63, 3.8) is 0 Å². The summed E-state index contributed by atoms with van der Waals surface area (Å²) in [5.74, 6) is 0.0228. The summed E-state index contributed by atoms with van der Waals surface area (Å²) in [6.45, 7) is 0.346. The Morgan fingerprint density at radius 2 is 2.21 bits per heavy atom. The molecular formula is C12H15ClN2O3S. The Balaban J connectivity index is 1.95. The van der Waals surface area contributed by atoms with Crippen LogP contribution in [0, 0.1) is 5.92 Å². The Labute approximate surface area is 117 Å². The van der Waals surface area contributed by atoms with Gasteiger partial charge in [-0.25, -0.2) is 8.42 Å². The quantitative estimate of drug-likeness (QED) is 0.818. The Hall–Kier alpha value is -1.27. The fourth-order valence-electron chi connectivity index (χ4n) is 2.08. The second kappa shape index (κ2) is 5.38. The van der Waals surface area contributed by atoms with Crippen molar-refractivity contribution in [1.29, 1.82) is 0 Å². The van der Waals surface area contributed by atoms with Crippen molar-refractivity contribution in [2.75, 3.05) is 23.8 Å². The molecular weight excluding hydrogens is 288 g/mol. The lowest BCUT2D eigenvalue weighted by Gasteiger charge is -2.10. The van der Waals surface area contributed by atoms with Crippen molar-refractivity contribution in [2.24, 2.45) is 5.92 Å². The second-order valence-corrected chi connectivity index (χ2v) is 7.35. The third-order valence-electron chi connectivity index (χ3n) is 3.12. The van der Waals surface area contributed by atoms with E-state index < -0.39 is 9.84 Å². The zero-order valence-corrected chi connectivity index (χ0v) is 11.8. The first-order valence-electron chi connectivity index (χ1n) is 5.91. The fraction of sp³-hybridized carbons (Fsp3) is 0.417. The van der Waals surface area contributed by atoms with Gasteiger partial charge in [-0.05, 0) is 30.5 Å². The summed E-state index contributed by atoms with van der Waals surface area (Å²) in [6.07, 6.45) is 0.595. The molecule has 2 rings (SSSR count). The molecule has 0 radical (unpaired) electrons. The highest BCUT2D eigenvalue weighted by atomic mass is 35.5. The SMILES string of the molecule is Nc1ccc(C(=O)NCC2CCS(=O)(=O)C2)c(Cl)c1. The van der Waals surface area contributed by atoms with E-state index in [2.05, 4.69) is 5.32 Å². The van der Waals surface area contributed by atoms with E-state index in [1.54, 1.807) is 12.1 Å². The summed E-state index contributed by atoms with van der Waals surface area (Å²) in [6, 6.07) is 4.66. The number of hydrogen-bond donors (Lipinski definition) is 2. The number of halogens is 1. The Morgan fingerprint density at radius 3 is 2.79 bits per heavy atom. The molecule has 1 fully saturated rings. The van der Waals surface area contributed by atoms with E-state index in [1.807, 2.05) is 0 Å². The van der Waals surface area contributed by atoms with E-state index in [9.17, 15) is 13.2 Å². The Bertz CT molecular complexity index is 601. The third kappa shape index (κ3) is 3.61. The number of carbonyl (C=O) groups excluding carboxylic acids is 1. The number of hydrogen-bond acceptors (Lipinski definition) is 4. The minimum Gasteiger partial charge on any atom is -0.399 e. The van der Waals surface area contributed by atoms with Crippen molar-refractivity contribution in [3.05, 3.63) is 28.8 Å². The number of amides is 1. The van der Waals surface area contributed by atoms with E-state index >= 15 is 0 Å². The van der Waals surface area contributed by atoms with Gasteiger partial charge in [-0.15, -0.1) is 0 Å². The zero-order valence-electron chi connectivity index (χ0n) is 10.2. The number of nitrogens with one attached hydrogen (secondary N) is 1. The molecule has 0 aromatic heterocycles. The summed E-state index contributed by atoms with van der Waals surface area (Å²) in [5.41, 5.74) is 6.38. The standard InChI is InChI=1S/C12H15ClN2O3S/c13-11-5-9(14)1-2-10(11)12(16)15-6-8-3-4-19(17,18)7-8/h1-2,5,8H,3-4,6-7,14H2,(H,15,16). The monoisotopic (exact) mass is 302 g/mol. The number of benzene rings is 1. The molecule has 1 heterocycles. The van der Waals surface area contributed by atoms with Crippen molar-refractivity contribution in [1.82, 2.24) is 5.32 Å². The van der Waals surface area contributed by atoms with Crippen LogP contribution < -0.4 is 11.1 Å². The van der Waals surface area contributed by atoms with Crippen LogP contribution >= 0.6 is 11.6 Å². The van der Waals surface area contributed by atoms with Crippen molar-refractivity contribution < 1.29 is 13.2 Å². The van der Waals surface area contributed by atoms with Crippen LogP contribution in [0.4, 0.5) is 5.69 Å². The van der Waals surface area contributed by atoms with Crippen molar-refractivity contribution >= 4 is 33.0 Å². The minimum absolute atomic E-state index is 0.0125. The highest BCUT2D eigenvalue weighted by Gasteiger charge is 2.28. The van der Waals surface area contributed by atoms with E-state index in [0.717, 1.165) is 0 Å². The highest BCUT2D eigenvalue weighted by molar-refractivity contribution is 7.91. The number of sulfone groups is 1. The van der Waals surface area contributed by atoms with E-state index in [4.69, 9.17) is 17.3 Å². The second-order valence-electron chi connectivity index (χ2n) is 4.72. The molecule has 1 aliphatic rings. The summed E-state index contributed by atoms with van der Waals surface area (Å²) < 4.78 is 22.6. The van der Waals surface area contributed by atoms with Gasteiger partial charge in [-0.3, -0.25) is 4.79 Å². The number of nitrogen functional groups attached to an aromatic ring is 1. The van der Waals surface area contributed by atoms with Crippen LogP contribution in [0.15, 0.2) is 18.2 Å². The molecule has 0 spiro atoms. The first-order chi connectivity index (χ1) is 8.87. The van der Waals surface area contributed by atoms with Crippen LogP contribution in [-0.2, 0) is 9.84 Å². The molecule has 1 atom stereocenters. The molecule has 0 aliphatic carbocycles. The van der Waals surface area contributed by atoms with E-state index in [-0.39, 0.29) is 28.4 Å². The van der Waals surface area contributed by atoms with Gasteiger partial charge in [0.25, 0.3) is 5.91 Å². The fourth-order valence-corrected chi connectivity index (χ4v) is 4.22. The maximum atomic E-state index is 11.9. The predicted octanol–water partition coefficient (Wildman–Crippen LogP) is 1.09. The normalized spacial score (nSPS) is 21.2. The average molecular weight is 303 g/mol. The molecule has 19 heavy (non-hydrogen) atoms. The maximum absolute atomic E-state index is 11.9. The molecule has 1 unspecified atom stereocenters. The minimum atomic E-state index is -2.92. The smallest absolute Gasteiger partial charge is 0.252 e. The van der Waals surface area contributed by atoms with Gasteiger partial charge in [-0.2, -0.15) is 0 Å². The highest BCUT2D eigenvalue weighted by Crippen LogP contribution is 2.20. The topological polar surface area (TPSA) is 89.3 Å². The van der Waals surface area contributed by atoms with Crippen molar-refractivity contribution in [2.45, 2.75) is 6.42 Å². The van der Waals surface area contributed by atoms with Gasteiger partial charge < -0.3 is 11.1 Å². The average Bonchev–Trinajstić information content (AvgIpc) is 2.66. The zero-order chi connectivity index (χ0) is 14.0. The van der Waals surface area contributed by atoms with Gasteiger partial charge in [-0.1, -0.05) is 11.6 Å². The summed E-state index contributed by atoms with van der Waals surface area (Å²) in [7, 11) is -2.92. The lowest BCUT2D eigenvalue weighted by molar-refractivity contribution is 0.0948. The van der Waals surface area contributed by atoms with Gasteiger partial charge in [0.1, 0.15) is 0 Å². The molecule has 1 amide bonds. The first kappa shape index (κ1) is 14.1. The number of anilines is 1. The Morgan fingerprint density at radius 1 is 1.47 bits per heavy atom. The molecule has 1 aromatic carbocycles. The summed E-state index contributed by atoms with van der Waals surface area (Å²) >= 11 is 5.93. The first-order valence-corrected chi connectivity index (χ1v) is 8.11. The molecule has 3 N–H and O–H groups in total. The van der Waals surface area contributed by atoms with Crippen LogP contribution in [0.2, 0.25) is 5.02 Å². The van der Waals surface area contributed by atoms with E-state index in [1.165, 1.54) is 6.07 Å². The van der Waals surface area contributed by atoms with Crippen LogP contribution in [0.1, 0.15) is 16.8 Å². The molecule has 7 heteroatoms. The summed E-state index contributed by atoms with van der Waals surface area (Å²) in [5, 5.41) is 3.00. The predicted molar refractivity (Wildman–Crippen MR) is 75.0 cm³/mol. The summed E-state index contributed by atoms with van der Waals surface area (Å²) in [4.78, 5) is 11.9. The Kier molecular flexibility index (Phi) is 4.01. The molecule has 0 bridgehead atoms. The molecule has 5 nitrogen and oxygen atoms in total. The lowest BCUT2D eigenvalue weighted by Crippen LogP contribution is -2.30.